The van der Waals surface area contributed by atoms with E-state index in [-0.39, 0.29) is 17.4 Å². The second-order valence-electron chi connectivity index (χ2n) is 5.84. The van der Waals surface area contributed by atoms with Crippen LogP contribution < -0.4 is 0 Å². The second kappa shape index (κ2) is 4.67. The first-order valence-corrected chi connectivity index (χ1v) is 7.00. The Morgan fingerprint density at radius 2 is 1.79 bits per heavy atom. The molecule has 1 spiro atoms. The summed E-state index contributed by atoms with van der Waals surface area (Å²) in [7, 11) is 0. The first-order chi connectivity index (χ1) is 9.10. The van der Waals surface area contributed by atoms with Crippen molar-refractivity contribution in [2.24, 2.45) is 5.92 Å². The number of rotatable bonds is 1. The van der Waals surface area contributed by atoms with Gasteiger partial charge in [-0.1, -0.05) is 0 Å². The Labute approximate surface area is 112 Å². The van der Waals surface area contributed by atoms with Crippen molar-refractivity contribution < 1.29 is 19.4 Å². The lowest BCUT2D eigenvalue weighted by atomic mass is 9.89. The third-order valence-corrected chi connectivity index (χ3v) is 4.43. The summed E-state index contributed by atoms with van der Waals surface area (Å²) >= 11 is 0. The second-order valence-corrected chi connectivity index (χ2v) is 5.84. The standard InChI is InChI=1S/C13H20N2O4/c16-11(10-1-2-10)15-7-8-19-13(9-15)3-5-14(6-4-13)12(17)18/h10H,1-9H2,(H,17,18). The Balaban J connectivity index is 1.61. The molecule has 6 nitrogen and oxygen atoms in total. The van der Waals surface area contributed by atoms with Gasteiger partial charge >= 0.3 is 6.09 Å². The minimum absolute atomic E-state index is 0.245. The van der Waals surface area contributed by atoms with Crippen LogP contribution in [0.2, 0.25) is 0 Å². The van der Waals surface area contributed by atoms with Gasteiger partial charge in [0.05, 0.1) is 12.2 Å². The van der Waals surface area contributed by atoms with Crippen LogP contribution in [0.4, 0.5) is 4.79 Å². The molecule has 3 rings (SSSR count). The van der Waals surface area contributed by atoms with Gasteiger partial charge in [0.25, 0.3) is 0 Å². The smallest absolute Gasteiger partial charge is 0.407 e. The van der Waals surface area contributed by atoms with E-state index in [1.54, 1.807) is 0 Å². The molecule has 3 fully saturated rings. The summed E-state index contributed by atoms with van der Waals surface area (Å²) < 4.78 is 5.90. The van der Waals surface area contributed by atoms with Crippen LogP contribution in [-0.4, -0.2) is 65.3 Å². The average molecular weight is 268 g/mol. The first kappa shape index (κ1) is 12.7. The molecular formula is C13H20N2O4. The van der Waals surface area contributed by atoms with Crippen LogP contribution in [0.5, 0.6) is 0 Å². The van der Waals surface area contributed by atoms with Crippen molar-refractivity contribution in [3.05, 3.63) is 0 Å². The molecule has 1 saturated carbocycles. The fraction of sp³-hybridized carbons (Fsp3) is 0.846. The van der Waals surface area contributed by atoms with E-state index in [0.717, 1.165) is 12.8 Å². The van der Waals surface area contributed by atoms with Gasteiger partial charge in [0, 0.05) is 32.1 Å². The van der Waals surface area contributed by atoms with Gasteiger partial charge in [-0.2, -0.15) is 0 Å². The maximum absolute atomic E-state index is 12.1. The van der Waals surface area contributed by atoms with Crippen molar-refractivity contribution in [2.45, 2.75) is 31.3 Å². The van der Waals surface area contributed by atoms with Crippen molar-refractivity contribution in [1.82, 2.24) is 9.80 Å². The quantitative estimate of drug-likeness (QED) is 0.762. The molecule has 6 heteroatoms. The lowest BCUT2D eigenvalue weighted by Crippen LogP contribution is -2.58. The van der Waals surface area contributed by atoms with Gasteiger partial charge < -0.3 is 19.6 Å². The predicted molar refractivity (Wildman–Crippen MR) is 66.8 cm³/mol. The Hall–Kier alpha value is -1.30. The van der Waals surface area contributed by atoms with Gasteiger partial charge in [0.15, 0.2) is 0 Å². The van der Waals surface area contributed by atoms with E-state index >= 15 is 0 Å². The van der Waals surface area contributed by atoms with E-state index in [0.29, 0.717) is 45.6 Å². The summed E-state index contributed by atoms with van der Waals surface area (Å²) in [4.78, 5) is 26.4. The molecule has 2 aliphatic heterocycles. The summed E-state index contributed by atoms with van der Waals surface area (Å²) in [6, 6.07) is 0. The maximum atomic E-state index is 12.1. The average Bonchev–Trinajstić information content (AvgIpc) is 3.23. The summed E-state index contributed by atoms with van der Waals surface area (Å²) in [5, 5.41) is 8.97. The number of piperidine rings is 1. The number of amides is 2. The Morgan fingerprint density at radius 3 is 2.37 bits per heavy atom. The Kier molecular flexibility index (Phi) is 3.12. The number of hydrogen-bond acceptors (Lipinski definition) is 3. The Morgan fingerprint density at radius 1 is 1.11 bits per heavy atom. The molecule has 0 aromatic heterocycles. The van der Waals surface area contributed by atoms with Crippen molar-refractivity contribution in [2.75, 3.05) is 32.8 Å². The molecule has 0 radical (unpaired) electrons. The fourth-order valence-corrected chi connectivity index (χ4v) is 3.03. The van der Waals surface area contributed by atoms with Crippen LogP contribution in [0.15, 0.2) is 0 Å². The van der Waals surface area contributed by atoms with Crippen LogP contribution in [0.25, 0.3) is 0 Å². The van der Waals surface area contributed by atoms with Crippen molar-refractivity contribution >= 4 is 12.0 Å². The number of carboxylic acid groups (broad SMARTS) is 1. The SMILES string of the molecule is O=C(O)N1CCC2(CC1)CN(C(=O)C1CC1)CCO2. The van der Waals surface area contributed by atoms with Gasteiger partial charge in [-0.25, -0.2) is 4.79 Å². The fourth-order valence-electron chi connectivity index (χ4n) is 3.03. The Bertz CT molecular complexity index is 386. The molecule has 19 heavy (non-hydrogen) atoms. The molecule has 1 N–H and O–H groups in total. The highest BCUT2D eigenvalue weighted by Gasteiger charge is 2.44. The number of ether oxygens (including phenoxy) is 1. The molecule has 1 aliphatic carbocycles. The van der Waals surface area contributed by atoms with E-state index in [2.05, 4.69) is 0 Å². The number of carbonyl (C=O) groups excluding carboxylic acids is 1. The zero-order chi connectivity index (χ0) is 13.5. The number of carbonyl (C=O) groups is 2. The molecule has 0 unspecified atom stereocenters. The molecule has 0 bridgehead atoms. The monoisotopic (exact) mass is 268 g/mol. The van der Waals surface area contributed by atoms with E-state index in [9.17, 15) is 9.59 Å². The third-order valence-electron chi connectivity index (χ3n) is 4.43. The van der Waals surface area contributed by atoms with E-state index in [4.69, 9.17) is 9.84 Å². The number of nitrogens with zero attached hydrogens (tertiary/aromatic N) is 2. The van der Waals surface area contributed by atoms with E-state index < -0.39 is 6.09 Å². The van der Waals surface area contributed by atoms with Crippen molar-refractivity contribution in [3.63, 3.8) is 0 Å². The van der Waals surface area contributed by atoms with Gasteiger partial charge in [0.2, 0.25) is 5.91 Å². The zero-order valence-corrected chi connectivity index (χ0v) is 11.0. The molecule has 0 aromatic carbocycles. The summed E-state index contributed by atoms with van der Waals surface area (Å²) in [5.74, 6) is 0.512. The van der Waals surface area contributed by atoms with Crippen molar-refractivity contribution in [1.29, 1.82) is 0 Å². The molecule has 3 aliphatic rings. The normalized spacial score (nSPS) is 26.5. The van der Waals surface area contributed by atoms with Gasteiger partial charge in [-0.15, -0.1) is 0 Å². The lowest BCUT2D eigenvalue weighted by Gasteiger charge is -2.46. The van der Waals surface area contributed by atoms with Crippen LogP contribution in [-0.2, 0) is 9.53 Å². The molecule has 0 atom stereocenters. The zero-order valence-electron chi connectivity index (χ0n) is 11.0. The lowest BCUT2D eigenvalue weighted by molar-refractivity contribution is -0.159. The molecule has 106 valence electrons. The topological polar surface area (TPSA) is 70.1 Å². The minimum Gasteiger partial charge on any atom is -0.465 e. The van der Waals surface area contributed by atoms with Crippen LogP contribution in [0, 0.1) is 5.92 Å². The third kappa shape index (κ3) is 2.54. The number of likely N-dealkylation sites (tertiary alicyclic amines) is 1. The van der Waals surface area contributed by atoms with Gasteiger partial charge in [-0.3, -0.25) is 4.79 Å². The predicted octanol–water partition coefficient (Wildman–Crippen LogP) is 0.768. The number of morpholine rings is 1. The van der Waals surface area contributed by atoms with Crippen molar-refractivity contribution in [3.8, 4) is 0 Å². The summed E-state index contributed by atoms with van der Waals surface area (Å²) in [5.41, 5.74) is -0.311. The van der Waals surface area contributed by atoms with E-state index in [1.165, 1.54) is 4.90 Å². The molecule has 2 heterocycles. The van der Waals surface area contributed by atoms with Crippen LogP contribution in [0.3, 0.4) is 0 Å². The molecule has 2 saturated heterocycles. The highest BCUT2D eigenvalue weighted by Crippen LogP contribution is 2.35. The molecule has 0 aromatic rings. The maximum Gasteiger partial charge on any atom is 0.407 e. The molecule has 2 amide bonds. The summed E-state index contributed by atoms with van der Waals surface area (Å²) in [6.45, 7) is 2.89. The first-order valence-electron chi connectivity index (χ1n) is 7.00. The molecular weight excluding hydrogens is 248 g/mol. The van der Waals surface area contributed by atoms with E-state index in [1.807, 2.05) is 4.90 Å². The largest absolute Gasteiger partial charge is 0.465 e. The van der Waals surface area contributed by atoms with Gasteiger partial charge in [0.1, 0.15) is 0 Å². The number of hydrogen-bond donors (Lipinski definition) is 1. The van der Waals surface area contributed by atoms with Gasteiger partial charge in [-0.05, 0) is 25.7 Å². The van der Waals surface area contributed by atoms with Crippen LogP contribution >= 0.6 is 0 Å². The minimum atomic E-state index is -0.864. The highest BCUT2D eigenvalue weighted by atomic mass is 16.5. The van der Waals surface area contributed by atoms with Crippen LogP contribution in [0.1, 0.15) is 25.7 Å². The highest BCUT2D eigenvalue weighted by molar-refractivity contribution is 5.81. The summed E-state index contributed by atoms with van der Waals surface area (Å²) in [6.07, 6.45) is 2.56.